The van der Waals surface area contributed by atoms with Gasteiger partial charge in [-0.1, -0.05) is 48.0 Å². The zero-order valence-corrected chi connectivity index (χ0v) is 17.6. The van der Waals surface area contributed by atoms with Crippen molar-refractivity contribution in [2.45, 2.75) is 31.8 Å². The number of hydrogen-bond donors (Lipinski definition) is 2. The van der Waals surface area contributed by atoms with Crippen LogP contribution in [-0.4, -0.2) is 18.9 Å². The van der Waals surface area contributed by atoms with E-state index in [0.29, 0.717) is 12.2 Å². The van der Waals surface area contributed by atoms with Gasteiger partial charge in [0.05, 0.1) is 4.90 Å². The van der Waals surface area contributed by atoms with E-state index in [0.717, 1.165) is 11.1 Å². The summed E-state index contributed by atoms with van der Waals surface area (Å²) < 4.78 is 28.6. The van der Waals surface area contributed by atoms with Crippen molar-refractivity contribution in [1.29, 1.82) is 0 Å². The normalized spacial score (nSPS) is 11.1. The van der Waals surface area contributed by atoms with Gasteiger partial charge in [-0.15, -0.1) is 0 Å². The van der Waals surface area contributed by atoms with Crippen LogP contribution in [0.25, 0.3) is 0 Å². The van der Waals surface area contributed by atoms with Crippen molar-refractivity contribution in [1.82, 2.24) is 9.88 Å². The molecule has 0 aliphatic heterocycles. The predicted molar refractivity (Wildman–Crippen MR) is 116 cm³/mol. The van der Waals surface area contributed by atoms with Crippen LogP contribution in [0.2, 0.25) is 0 Å². The van der Waals surface area contributed by atoms with Gasteiger partial charge in [-0.25, -0.2) is 8.42 Å². The molecule has 0 spiro atoms. The van der Waals surface area contributed by atoms with Crippen molar-refractivity contribution in [2.75, 3.05) is 4.72 Å². The monoisotopic (exact) mass is 425 g/mol. The van der Waals surface area contributed by atoms with Crippen LogP contribution in [0.4, 0.5) is 5.69 Å². The Morgan fingerprint density at radius 1 is 0.933 bits per heavy atom. The third-order valence-corrected chi connectivity index (χ3v) is 5.98. The first-order valence-corrected chi connectivity index (χ1v) is 10.8. The van der Waals surface area contributed by atoms with Gasteiger partial charge < -0.3 is 9.88 Å². The summed E-state index contributed by atoms with van der Waals surface area (Å²) in [5.74, 6) is -0.344. The van der Waals surface area contributed by atoms with Crippen molar-refractivity contribution in [2.24, 2.45) is 0 Å². The number of amides is 1. The van der Waals surface area contributed by atoms with E-state index < -0.39 is 15.6 Å². The molecular weight excluding hydrogens is 402 g/mol. The fraction of sp³-hybridized carbons (Fsp3) is 0.182. The molecule has 30 heavy (non-hydrogen) atoms. The Morgan fingerprint density at radius 3 is 2.27 bits per heavy atom. The van der Waals surface area contributed by atoms with Gasteiger partial charge >= 0.3 is 0 Å². The minimum Gasteiger partial charge on any atom is -0.350 e. The summed E-state index contributed by atoms with van der Waals surface area (Å²) in [6.07, 6.45) is 0. The molecule has 156 valence electrons. The SMILES string of the molecule is Cc1ccc(CNC(=O)Cn2c(C)ccc(NS(=O)(=O)c3ccccc3)c2=O)cc1. The third kappa shape index (κ3) is 5.15. The Balaban J connectivity index is 1.75. The summed E-state index contributed by atoms with van der Waals surface area (Å²) in [6.45, 7) is 3.80. The van der Waals surface area contributed by atoms with E-state index in [4.69, 9.17) is 0 Å². The number of anilines is 1. The van der Waals surface area contributed by atoms with Crippen LogP contribution < -0.4 is 15.6 Å². The number of rotatable bonds is 7. The number of nitrogens with one attached hydrogen (secondary N) is 2. The Bertz CT molecular complexity index is 1200. The van der Waals surface area contributed by atoms with Gasteiger partial charge in [0, 0.05) is 12.2 Å². The zero-order valence-electron chi connectivity index (χ0n) is 16.8. The number of carbonyl (C=O) groups excluding carboxylic acids is 1. The van der Waals surface area contributed by atoms with Gasteiger partial charge in [0.1, 0.15) is 12.2 Å². The number of hydrogen-bond acceptors (Lipinski definition) is 4. The van der Waals surface area contributed by atoms with Crippen LogP contribution in [0.15, 0.2) is 76.4 Å². The number of benzene rings is 2. The second kappa shape index (κ2) is 8.96. The van der Waals surface area contributed by atoms with Crippen molar-refractivity contribution >= 4 is 21.6 Å². The molecule has 1 heterocycles. The average Bonchev–Trinajstić information content (AvgIpc) is 2.73. The molecule has 0 aliphatic rings. The van der Waals surface area contributed by atoms with Gasteiger partial charge in [-0.2, -0.15) is 0 Å². The van der Waals surface area contributed by atoms with E-state index in [9.17, 15) is 18.0 Å². The van der Waals surface area contributed by atoms with E-state index >= 15 is 0 Å². The minimum absolute atomic E-state index is 0.0485. The number of carbonyl (C=O) groups is 1. The van der Waals surface area contributed by atoms with Crippen LogP contribution in [0.5, 0.6) is 0 Å². The molecule has 0 unspecified atom stereocenters. The van der Waals surface area contributed by atoms with Gasteiger partial charge in [-0.05, 0) is 43.7 Å². The minimum atomic E-state index is -3.91. The lowest BCUT2D eigenvalue weighted by atomic mass is 10.1. The lowest BCUT2D eigenvalue weighted by Gasteiger charge is -2.13. The third-order valence-electron chi connectivity index (χ3n) is 4.60. The maximum Gasteiger partial charge on any atom is 0.275 e. The maximum absolute atomic E-state index is 12.8. The summed E-state index contributed by atoms with van der Waals surface area (Å²) in [6, 6.07) is 18.5. The molecule has 2 aromatic carbocycles. The number of pyridine rings is 1. The summed E-state index contributed by atoms with van der Waals surface area (Å²) in [7, 11) is -3.91. The van der Waals surface area contributed by atoms with Crippen molar-refractivity contribution in [3.8, 4) is 0 Å². The molecule has 1 aromatic heterocycles. The van der Waals surface area contributed by atoms with E-state index in [1.165, 1.54) is 22.8 Å². The molecule has 0 saturated heterocycles. The summed E-state index contributed by atoms with van der Waals surface area (Å²) in [5, 5.41) is 2.78. The largest absolute Gasteiger partial charge is 0.350 e. The van der Waals surface area contributed by atoms with E-state index in [2.05, 4.69) is 10.0 Å². The first-order valence-electron chi connectivity index (χ1n) is 9.37. The van der Waals surface area contributed by atoms with Crippen LogP contribution in [-0.2, 0) is 27.9 Å². The van der Waals surface area contributed by atoms with Crippen LogP contribution in [0.1, 0.15) is 16.8 Å². The smallest absolute Gasteiger partial charge is 0.275 e. The summed E-state index contributed by atoms with van der Waals surface area (Å²) >= 11 is 0. The number of sulfonamides is 1. The second-order valence-electron chi connectivity index (χ2n) is 6.96. The van der Waals surface area contributed by atoms with Gasteiger partial charge in [0.15, 0.2) is 0 Å². The fourth-order valence-corrected chi connectivity index (χ4v) is 3.93. The zero-order chi connectivity index (χ0) is 21.7. The van der Waals surface area contributed by atoms with E-state index in [1.807, 2.05) is 31.2 Å². The number of aryl methyl sites for hydroxylation is 2. The molecule has 0 aliphatic carbocycles. The van der Waals surface area contributed by atoms with Gasteiger partial charge in [0.2, 0.25) is 5.91 Å². The Morgan fingerprint density at radius 2 is 1.60 bits per heavy atom. The highest BCUT2D eigenvalue weighted by atomic mass is 32.2. The summed E-state index contributed by atoms with van der Waals surface area (Å²) in [5.41, 5.74) is 1.92. The molecule has 3 aromatic rings. The average molecular weight is 426 g/mol. The van der Waals surface area contributed by atoms with Crippen molar-refractivity contribution in [3.63, 3.8) is 0 Å². The molecule has 7 nitrogen and oxygen atoms in total. The highest BCUT2D eigenvalue weighted by molar-refractivity contribution is 7.92. The van der Waals surface area contributed by atoms with Crippen molar-refractivity contribution in [3.05, 3.63) is 93.9 Å². The first kappa shape index (κ1) is 21.3. The van der Waals surface area contributed by atoms with Gasteiger partial charge in [0.25, 0.3) is 15.6 Å². The molecule has 8 heteroatoms. The Hall–Kier alpha value is -3.39. The maximum atomic E-state index is 12.8. The highest BCUT2D eigenvalue weighted by Crippen LogP contribution is 2.13. The lowest BCUT2D eigenvalue weighted by molar-refractivity contribution is -0.121. The Labute approximate surface area is 175 Å². The molecule has 0 atom stereocenters. The van der Waals surface area contributed by atoms with Crippen LogP contribution >= 0.6 is 0 Å². The topological polar surface area (TPSA) is 97.3 Å². The number of aromatic nitrogens is 1. The quantitative estimate of drug-likeness (QED) is 0.608. The van der Waals surface area contributed by atoms with Crippen LogP contribution in [0, 0.1) is 13.8 Å². The molecule has 0 fully saturated rings. The van der Waals surface area contributed by atoms with Crippen molar-refractivity contribution < 1.29 is 13.2 Å². The molecule has 0 saturated carbocycles. The fourth-order valence-electron chi connectivity index (χ4n) is 2.85. The lowest BCUT2D eigenvalue weighted by Crippen LogP contribution is -2.34. The van der Waals surface area contributed by atoms with E-state index in [-0.39, 0.29) is 23.0 Å². The highest BCUT2D eigenvalue weighted by Gasteiger charge is 2.17. The molecule has 2 N–H and O–H groups in total. The Kier molecular flexibility index (Phi) is 6.37. The predicted octanol–water partition coefficient (Wildman–Crippen LogP) is 2.58. The van der Waals surface area contributed by atoms with Crippen LogP contribution in [0.3, 0.4) is 0 Å². The molecule has 1 amide bonds. The standard InChI is InChI=1S/C22H23N3O4S/c1-16-8-11-18(12-9-16)14-23-21(26)15-25-17(2)10-13-20(22(25)27)24-30(28,29)19-6-4-3-5-7-19/h3-13,24H,14-15H2,1-2H3,(H,23,26). The second-order valence-corrected chi connectivity index (χ2v) is 8.64. The van der Waals surface area contributed by atoms with E-state index in [1.54, 1.807) is 31.2 Å². The molecule has 0 radical (unpaired) electrons. The molecule has 3 rings (SSSR count). The molecule has 0 bridgehead atoms. The number of nitrogens with zero attached hydrogens (tertiary/aromatic N) is 1. The summed E-state index contributed by atoms with van der Waals surface area (Å²) in [4.78, 5) is 25.2. The molecular formula is C22H23N3O4S. The first-order chi connectivity index (χ1) is 14.3. The van der Waals surface area contributed by atoms with Gasteiger partial charge in [-0.3, -0.25) is 14.3 Å².